The van der Waals surface area contributed by atoms with E-state index >= 15 is 0 Å². The van der Waals surface area contributed by atoms with Crippen molar-refractivity contribution in [2.24, 2.45) is 0 Å². The second-order valence-corrected chi connectivity index (χ2v) is 5.83. The number of nitrogens with two attached hydrogens (primary N) is 1. The number of fused-ring (bicyclic) bond motifs is 1. The third-order valence-electron chi connectivity index (χ3n) is 4.20. The van der Waals surface area contributed by atoms with Crippen molar-refractivity contribution in [2.75, 3.05) is 23.7 Å². The second kappa shape index (κ2) is 5.78. The van der Waals surface area contributed by atoms with Gasteiger partial charge in [0.1, 0.15) is 0 Å². The van der Waals surface area contributed by atoms with E-state index in [9.17, 15) is 5.11 Å². The molecule has 0 aliphatic carbocycles. The molecule has 1 aliphatic heterocycles. The number of nitrogens with zero attached hydrogens (tertiary/aromatic N) is 1. The number of anilines is 2. The van der Waals surface area contributed by atoms with Crippen LogP contribution in [-0.4, -0.2) is 18.2 Å². The first-order valence-corrected chi connectivity index (χ1v) is 7.52. The quantitative estimate of drug-likeness (QED) is 0.851. The van der Waals surface area contributed by atoms with Gasteiger partial charge in [0.2, 0.25) is 0 Å². The standard InChI is InChI=1S/C18H22N2O/c1-13-8-9-17-14(11-13)5-4-10-20(17)12-18(21)15-6-2-3-7-16(15)19/h2-3,6-9,11,18,21H,4-5,10,12,19H2,1H3. The van der Waals surface area contributed by atoms with E-state index in [1.807, 2.05) is 24.3 Å². The zero-order chi connectivity index (χ0) is 14.8. The van der Waals surface area contributed by atoms with Crippen LogP contribution in [0.5, 0.6) is 0 Å². The second-order valence-electron chi connectivity index (χ2n) is 5.83. The van der Waals surface area contributed by atoms with Crippen LogP contribution in [0.1, 0.15) is 29.2 Å². The Morgan fingerprint density at radius 2 is 2.05 bits per heavy atom. The molecule has 0 fully saturated rings. The van der Waals surface area contributed by atoms with E-state index < -0.39 is 6.10 Å². The van der Waals surface area contributed by atoms with Gasteiger partial charge in [-0.05, 0) is 37.5 Å². The molecule has 2 aromatic rings. The maximum Gasteiger partial charge on any atom is 0.0984 e. The highest BCUT2D eigenvalue weighted by Gasteiger charge is 2.21. The van der Waals surface area contributed by atoms with Crippen molar-refractivity contribution in [3.8, 4) is 0 Å². The number of β-amino-alcohol motifs (C(OH)–C–C–N with tert-alkyl or cyclic N) is 1. The van der Waals surface area contributed by atoms with Crippen molar-refractivity contribution >= 4 is 11.4 Å². The van der Waals surface area contributed by atoms with Crippen LogP contribution in [0.25, 0.3) is 0 Å². The fourth-order valence-corrected chi connectivity index (χ4v) is 3.11. The van der Waals surface area contributed by atoms with E-state index in [0.717, 1.165) is 24.9 Å². The molecule has 1 atom stereocenters. The number of aliphatic hydroxyl groups excluding tert-OH is 1. The summed E-state index contributed by atoms with van der Waals surface area (Å²) in [7, 11) is 0. The summed E-state index contributed by atoms with van der Waals surface area (Å²) >= 11 is 0. The Kier molecular flexibility index (Phi) is 3.84. The molecule has 0 bridgehead atoms. The van der Waals surface area contributed by atoms with E-state index in [2.05, 4.69) is 30.0 Å². The van der Waals surface area contributed by atoms with Crippen LogP contribution in [-0.2, 0) is 6.42 Å². The number of rotatable bonds is 3. The van der Waals surface area contributed by atoms with Crippen LogP contribution in [0.3, 0.4) is 0 Å². The Balaban J connectivity index is 1.82. The lowest BCUT2D eigenvalue weighted by Crippen LogP contribution is -2.33. The van der Waals surface area contributed by atoms with Gasteiger partial charge in [-0.2, -0.15) is 0 Å². The molecule has 2 aromatic carbocycles. The summed E-state index contributed by atoms with van der Waals surface area (Å²) in [6, 6.07) is 14.1. The maximum atomic E-state index is 10.5. The summed E-state index contributed by atoms with van der Waals surface area (Å²) in [5.74, 6) is 0. The first-order valence-electron chi connectivity index (χ1n) is 7.52. The fourth-order valence-electron chi connectivity index (χ4n) is 3.11. The van der Waals surface area contributed by atoms with E-state index in [1.165, 1.54) is 16.8 Å². The Bertz CT molecular complexity index is 639. The largest absolute Gasteiger partial charge is 0.398 e. The van der Waals surface area contributed by atoms with Crippen molar-refractivity contribution in [2.45, 2.75) is 25.9 Å². The van der Waals surface area contributed by atoms with Crippen molar-refractivity contribution in [1.29, 1.82) is 0 Å². The van der Waals surface area contributed by atoms with Crippen molar-refractivity contribution < 1.29 is 5.11 Å². The zero-order valence-corrected chi connectivity index (χ0v) is 12.4. The van der Waals surface area contributed by atoms with Gasteiger partial charge in [-0.1, -0.05) is 35.9 Å². The molecule has 110 valence electrons. The van der Waals surface area contributed by atoms with Gasteiger partial charge in [0, 0.05) is 30.0 Å². The number of benzene rings is 2. The minimum absolute atomic E-state index is 0.557. The predicted octanol–water partition coefficient (Wildman–Crippen LogP) is 3.06. The average molecular weight is 282 g/mol. The number of hydrogen-bond donors (Lipinski definition) is 2. The number of hydrogen-bond acceptors (Lipinski definition) is 3. The summed E-state index contributed by atoms with van der Waals surface area (Å²) < 4.78 is 0. The molecule has 1 unspecified atom stereocenters. The summed E-state index contributed by atoms with van der Waals surface area (Å²) in [6.07, 6.45) is 1.70. The van der Waals surface area contributed by atoms with Gasteiger partial charge in [-0.15, -0.1) is 0 Å². The van der Waals surface area contributed by atoms with Crippen molar-refractivity contribution in [3.05, 3.63) is 59.2 Å². The smallest absolute Gasteiger partial charge is 0.0984 e. The van der Waals surface area contributed by atoms with Gasteiger partial charge in [0.15, 0.2) is 0 Å². The molecule has 0 radical (unpaired) electrons. The van der Waals surface area contributed by atoms with Crippen LogP contribution < -0.4 is 10.6 Å². The molecule has 3 nitrogen and oxygen atoms in total. The lowest BCUT2D eigenvalue weighted by molar-refractivity contribution is 0.183. The van der Waals surface area contributed by atoms with Crippen LogP contribution in [0.2, 0.25) is 0 Å². The third kappa shape index (κ3) is 2.88. The molecule has 21 heavy (non-hydrogen) atoms. The van der Waals surface area contributed by atoms with E-state index in [0.29, 0.717) is 12.2 Å². The minimum Gasteiger partial charge on any atom is -0.398 e. The van der Waals surface area contributed by atoms with E-state index in [-0.39, 0.29) is 0 Å². The zero-order valence-electron chi connectivity index (χ0n) is 12.4. The molecule has 3 rings (SSSR count). The Morgan fingerprint density at radius 1 is 1.24 bits per heavy atom. The Hall–Kier alpha value is -2.00. The maximum absolute atomic E-state index is 10.5. The Morgan fingerprint density at radius 3 is 2.86 bits per heavy atom. The molecule has 0 aromatic heterocycles. The number of aliphatic hydroxyl groups is 1. The number of nitrogen functional groups attached to an aromatic ring is 1. The van der Waals surface area contributed by atoms with Crippen LogP contribution in [0, 0.1) is 6.92 Å². The van der Waals surface area contributed by atoms with Gasteiger partial charge in [-0.25, -0.2) is 0 Å². The summed E-state index contributed by atoms with van der Waals surface area (Å²) in [4.78, 5) is 2.27. The molecular weight excluding hydrogens is 260 g/mol. The van der Waals surface area contributed by atoms with Gasteiger partial charge >= 0.3 is 0 Å². The molecule has 0 spiro atoms. The molecule has 0 saturated heterocycles. The van der Waals surface area contributed by atoms with Crippen LogP contribution in [0.4, 0.5) is 11.4 Å². The fraction of sp³-hybridized carbons (Fsp3) is 0.333. The molecule has 3 heteroatoms. The Labute approximate surface area is 126 Å². The normalized spacial score (nSPS) is 15.6. The molecule has 0 saturated carbocycles. The molecule has 3 N–H and O–H groups in total. The van der Waals surface area contributed by atoms with Crippen LogP contribution >= 0.6 is 0 Å². The van der Waals surface area contributed by atoms with Gasteiger partial charge in [0.25, 0.3) is 0 Å². The first kappa shape index (κ1) is 14.0. The predicted molar refractivity (Wildman–Crippen MR) is 87.5 cm³/mol. The molecule has 0 amide bonds. The number of aryl methyl sites for hydroxylation is 2. The van der Waals surface area contributed by atoms with Crippen molar-refractivity contribution in [3.63, 3.8) is 0 Å². The summed E-state index contributed by atoms with van der Waals surface area (Å²) in [5.41, 5.74) is 11.4. The van der Waals surface area contributed by atoms with E-state index in [4.69, 9.17) is 5.73 Å². The highest BCUT2D eigenvalue weighted by molar-refractivity contribution is 5.57. The lowest BCUT2D eigenvalue weighted by Gasteiger charge is -2.33. The van der Waals surface area contributed by atoms with E-state index in [1.54, 1.807) is 0 Å². The highest BCUT2D eigenvalue weighted by Crippen LogP contribution is 2.30. The first-order chi connectivity index (χ1) is 10.1. The lowest BCUT2D eigenvalue weighted by atomic mass is 9.98. The van der Waals surface area contributed by atoms with Gasteiger partial charge < -0.3 is 15.7 Å². The molecule has 1 heterocycles. The third-order valence-corrected chi connectivity index (χ3v) is 4.20. The van der Waals surface area contributed by atoms with Gasteiger partial charge in [-0.3, -0.25) is 0 Å². The molecule has 1 aliphatic rings. The molecular formula is C18H22N2O. The summed E-state index contributed by atoms with van der Waals surface area (Å²) in [5, 5.41) is 10.5. The topological polar surface area (TPSA) is 49.5 Å². The minimum atomic E-state index is -0.557. The monoisotopic (exact) mass is 282 g/mol. The van der Waals surface area contributed by atoms with Crippen molar-refractivity contribution in [1.82, 2.24) is 0 Å². The average Bonchev–Trinajstić information content (AvgIpc) is 2.47. The highest BCUT2D eigenvalue weighted by atomic mass is 16.3. The summed E-state index contributed by atoms with van der Waals surface area (Å²) in [6.45, 7) is 3.70. The SMILES string of the molecule is Cc1ccc2c(c1)CCCN2CC(O)c1ccccc1N. The number of para-hydroxylation sites is 1. The van der Waals surface area contributed by atoms with Crippen LogP contribution in [0.15, 0.2) is 42.5 Å². The van der Waals surface area contributed by atoms with Gasteiger partial charge in [0.05, 0.1) is 6.10 Å².